The number of ether oxygens (including phenoxy) is 3. The highest BCUT2D eigenvalue weighted by Crippen LogP contribution is 2.36. The Balaban J connectivity index is 1.26. The minimum Gasteiger partial charge on any atom is -0.486 e. The first-order chi connectivity index (χ1) is 24.8. The number of benzene rings is 4. The first kappa shape index (κ1) is 40.0. The Hall–Kier alpha value is -4.81. The number of carbonyl (C=O) groups is 5. The molecule has 0 fully saturated rings. The molecule has 15 heteroatoms. The summed E-state index contributed by atoms with van der Waals surface area (Å²) in [7, 11) is 0. The van der Waals surface area contributed by atoms with Crippen molar-refractivity contribution in [1.82, 2.24) is 5.32 Å². The van der Waals surface area contributed by atoms with Crippen LogP contribution in [0.25, 0.3) is 0 Å². The molecule has 3 amide bonds. The van der Waals surface area contributed by atoms with E-state index in [0.29, 0.717) is 29.8 Å². The van der Waals surface area contributed by atoms with Crippen LogP contribution in [0.15, 0.2) is 72.8 Å². The van der Waals surface area contributed by atoms with Crippen LogP contribution in [0.5, 0.6) is 11.5 Å². The second kappa shape index (κ2) is 19.1. The fourth-order valence-corrected chi connectivity index (χ4v) is 5.83. The Bertz CT molecular complexity index is 1940. The molecular weight excluding hydrogens is 756 g/mol. The van der Waals surface area contributed by atoms with Gasteiger partial charge in [0.1, 0.15) is 19.8 Å². The van der Waals surface area contributed by atoms with Gasteiger partial charge in [-0.25, -0.2) is 4.79 Å². The molecule has 0 heterocycles. The number of anilines is 2. The fourth-order valence-electron chi connectivity index (χ4n) is 4.59. The summed E-state index contributed by atoms with van der Waals surface area (Å²) in [5.41, 5.74) is 3.12. The van der Waals surface area contributed by atoms with Crippen molar-refractivity contribution in [3.63, 3.8) is 0 Å². The molecule has 0 aromatic heterocycles. The molecule has 0 bridgehead atoms. The SMILES string of the molecule is CCC(=O)Nc1cccc(COc2c(Cl)cc(CC(=O)OC(=O)CNC(=O)c3cc(Cl)c(OCc4cccc(NC(=O)CC)c4)c(Cl)c3)cc2Cl)c1. The van der Waals surface area contributed by atoms with Crippen molar-refractivity contribution in [2.45, 2.75) is 46.3 Å². The van der Waals surface area contributed by atoms with E-state index in [9.17, 15) is 24.0 Å². The van der Waals surface area contributed by atoms with Gasteiger partial charge in [-0.2, -0.15) is 0 Å². The van der Waals surface area contributed by atoms with E-state index in [0.717, 1.165) is 11.1 Å². The van der Waals surface area contributed by atoms with E-state index in [-0.39, 0.29) is 68.6 Å². The van der Waals surface area contributed by atoms with Gasteiger partial charge in [-0.05, 0) is 65.2 Å². The number of esters is 2. The summed E-state index contributed by atoms with van der Waals surface area (Å²) < 4.78 is 16.4. The smallest absolute Gasteiger partial charge is 0.333 e. The molecule has 52 heavy (non-hydrogen) atoms. The van der Waals surface area contributed by atoms with Gasteiger partial charge in [-0.15, -0.1) is 0 Å². The Labute approximate surface area is 319 Å². The number of carbonyl (C=O) groups excluding carboxylic acids is 5. The molecule has 0 aliphatic heterocycles. The second-order valence-corrected chi connectivity index (χ2v) is 12.8. The predicted octanol–water partition coefficient (Wildman–Crippen LogP) is 8.20. The third-order valence-electron chi connectivity index (χ3n) is 7.12. The van der Waals surface area contributed by atoms with Crippen LogP contribution in [0.2, 0.25) is 20.1 Å². The van der Waals surface area contributed by atoms with E-state index in [4.69, 9.17) is 60.6 Å². The topological polar surface area (TPSA) is 149 Å². The predicted molar refractivity (Wildman–Crippen MR) is 199 cm³/mol. The van der Waals surface area contributed by atoms with Crippen LogP contribution in [0.3, 0.4) is 0 Å². The Morgan fingerprint density at radius 1 is 0.596 bits per heavy atom. The fraction of sp³-hybridized carbons (Fsp3) is 0.216. The summed E-state index contributed by atoms with van der Waals surface area (Å²) in [5.74, 6) is -2.55. The van der Waals surface area contributed by atoms with Crippen LogP contribution >= 0.6 is 46.4 Å². The van der Waals surface area contributed by atoms with E-state index >= 15 is 0 Å². The maximum Gasteiger partial charge on any atom is 0.333 e. The van der Waals surface area contributed by atoms with E-state index in [2.05, 4.69) is 16.0 Å². The van der Waals surface area contributed by atoms with E-state index in [1.54, 1.807) is 56.3 Å². The summed E-state index contributed by atoms with van der Waals surface area (Å²) in [4.78, 5) is 60.9. The highest BCUT2D eigenvalue weighted by Gasteiger charge is 2.19. The molecule has 4 rings (SSSR count). The molecule has 0 saturated heterocycles. The molecular formula is C37H33Cl4N3O8. The van der Waals surface area contributed by atoms with Crippen LogP contribution in [-0.2, 0) is 43.5 Å². The minimum absolute atomic E-state index is 0.0355. The van der Waals surface area contributed by atoms with Gasteiger partial charge in [0, 0.05) is 29.8 Å². The van der Waals surface area contributed by atoms with Crippen LogP contribution in [0.1, 0.15) is 53.7 Å². The molecule has 0 spiro atoms. The average molecular weight is 789 g/mol. The summed E-state index contributed by atoms with van der Waals surface area (Å²) in [6.07, 6.45) is 0.338. The van der Waals surface area contributed by atoms with Crippen molar-refractivity contribution in [1.29, 1.82) is 0 Å². The van der Waals surface area contributed by atoms with Crippen molar-refractivity contribution in [2.24, 2.45) is 0 Å². The first-order valence-electron chi connectivity index (χ1n) is 15.9. The molecule has 4 aromatic carbocycles. The van der Waals surface area contributed by atoms with Gasteiger partial charge in [0.05, 0.1) is 26.5 Å². The van der Waals surface area contributed by atoms with Crippen LogP contribution < -0.4 is 25.4 Å². The minimum atomic E-state index is -1.01. The zero-order valence-corrected chi connectivity index (χ0v) is 31.0. The van der Waals surface area contributed by atoms with E-state index < -0.39 is 24.4 Å². The monoisotopic (exact) mass is 787 g/mol. The number of rotatable bonds is 15. The lowest BCUT2D eigenvalue weighted by atomic mass is 10.1. The van der Waals surface area contributed by atoms with E-state index in [1.165, 1.54) is 24.3 Å². The number of nitrogens with one attached hydrogen (secondary N) is 3. The summed E-state index contributed by atoms with van der Waals surface area (Å²) in [6, 6.07) is 19.7. The Morgan fingerprint density at radius 3 is 1.52 bits per heavy atom. The quantitative estimate of drug-likeness (QED) is 0.0807. The molecule has 272 valence electrons. The van der Waals surface area contributed by atoms with Gasteiger partial charge >= 0.3 is 11.9 Å². The number of amides is 3. The summed E-state index contributed by atoms with van der Waals surface area (Å²) in [6.45, 7) is 3.06. The Kier molecular flexibility index (Phi) is 14.7. The molecule has 0 atom stereocenters. The van der Waals surface area contributed by atoms with Crippen LogP contribution in [-0.4, -0.2) is 36.2 Å². The lowest BCUT2D eigenvalue weighted by molar-refractivity contribution is -0.158. The summed E-state index contributed by atoms with van der Waals surface area (Å²) >= 11 is 25.5. The third kappa shape index (κ3) is 11.9. The van der Waals surface area contributed by atoms with Gasteiger partial charge in [0.25, 0.3) is 5.91 Å². The second-order valence-electron chi connectivity index (χ2n) is 11.1. The molecule has 0 aliphatic rings. The van der Waals surface area contributed by atoms with Crippen molar-refractivity contribution in [3.8, 4) is 11.5 Å². The normalized spacial score (nSPS) is 10.6. The molecule has 3 N–H and O–H groups in total. The van der Waals surface area contributed by atoms with Crippen LogP contribution in [0, 0.1) is 0 Å². The van der Waals surface area contributed by atoms with Gasteiger partial charge in [-0.1, -0.05) is 84.5 Å². The highest BCUT2D eigenvalue weighted by molar-refractivity contribution is 6.38. The van der Waals surface area contributed by atoms with Crippen LogP contribution in [0.4, 0.5) is 11.4 Å². The van der Waals surface area contributed by atoms with Crippen molar-refractivity contribution >= 4 is 87.4 Å². The maximum atomic E-state index is 12.7. The molecule has 0 saturated carbocycles. The lowest BCUT2D eigenvalue weighted by Gasteiger charge is -2.13. The lowest BCUT2D eigenvalue weighted by Crippen LogP contribution is -2.32. The number of hydrogen-bond donors (Lipinski definition) is 3. The molecule has 4 aromatic rings. The maximum absolute atomic E-state index is 12.7. The van der Waals surface area contributed by atoms with Crippen molar-refractivity contribution < 1.29 is 38.2 Å². The zero-order valence-electron chi connectivity index (χ0n) is 27.9. The van der Waals surface area contributed by atoms with Crippen molar-refractivity contribution in [3.05, 3.63) is 115 Å². The number of hydrogen-bond acceptors (Lipinski definition) is 8. The zero-order chi connectivity index (χ0) is 37.8. The Morgan fingerprint density at radius 2 is 1.06 bits per heavy atom. The van der Waals surface area contributed by atoms with Crippen molar-refractivity contribution in [2.75, 3.05) is 17.2 Å². The molecule has 0 radical (unpaired) electrons. The van der Waals surface area contributed by atoms with Gasteiger partial charge < -0.3 is 30.2 Å². The van der Waals surface area contributed by atoms with Gasteiger partial charge in [-0.3, -0.25) is 19.2 Å². The first-order valence-corrected chi connectivity index (χ1v) is 17.4. The van der Waals surface area contributed by atoms with Gasteiger partial charge in [0.15, 0.2) is 11.5 Å². The van der Waals surface area contributed by atoms with Gasteiger partial charge in [0.2, 0.25) is 11.8 Å². The highest BCUT2D eigenvalue weighted by atomic mass is 35.5. The molecule has 11 nitrogen and oxygen atoms in total. The van der Waals surface area contributed by atoms with E-state index in [1.807, 2.05) is 6.07 Å². The third-order valence-corrected chi connectivity index (χ3v) is 8.24. The average Bonchev–Trinajstić information content (AvgIpc) is 3.10. The summed E-state index contributed by atoms with van der Waals surface area (Å²) in [5, 5.41) is 8.26. The molecule has 0 aliphatic carbocycles. The standard InChI is InChI=1S/C37H33Cl4N3O8/c1-3-31(45)43-25-9-5-7-21(11-25)19-50-35-27(38)13-23(14-28(35)39)15-33(47)52-34(48)18-42-37(49)24-16-29(40)36(30(41)17-24)51-20-22-8-6-10-26(12-22)44-32(46)4-2/h5-14,16-17H,3-4,15,18-20H2,1-2H3,(H,42,49)(H,43,45)(H,44,46). The number of halogens is 4. The molecule has 0 unspecified atom stereocenters. The largest absolute Gasteiger partial charge is 0.486 e.